The Balaban J connectivity index is 2.49. The van der Waals surface area contributed by atoms with E-state index < -0.39 is 23.8 Å². The fraction of sp³-hybridized carbons (Fsp3) is 0.400. The summed E-state index contributed by atoms with van der Waals surface area (Å²) >= 11 is 3.45. The number of nitrogens with one attached hydrogen (secondary N) is 1. The first kappa shape index (κ1) is 15.7. The van der Waals surface area contributed by atoms with Gasteiger partial charge in [0.05, 0.1) is 5.69 Å². The Bertz CT molecular complexity index is 617. The molecule has 1 heterocycles. The van der Waals surface area contributed by atoms with Gasteiger partial charge in [-0.25, -0.2) is 9.69 Å². The van der Waals surface area contributed by atoms with Crippen molar-refractivity contribution in [3.05, 3.63) is 27.7 Å². The van der Waals surface area contributed by atoms with Crippen LogP contribution in [-0.2, 0) is 9.59 Å². The van der Waals surface area contributed by atoms with Gasteiger partial charge in [0.15, 0.2) is 0 Å². The molecule has 5 nitrogen and oxygen atoms in total. The molecule has 0 spiro atoms. The molecule has 0 aliphatic carbocycles. The molecule has 4 amide bonds. The lowest BCUT2D eigenvalue weighted by Crippen LogP contribution is -2.59. The number of carbonyl (C=O) groups is 3. The first-order valence-electron chi connectivity index (χ1n) is 6.69. The highest BCUT2D eigenvalue weighted by Crippen LogP contribution is 2.30. The van der Waals surface area contributed by atoms with Crippen LogP contribution in [0.25, 0.3) is 0 Å². The fourth-order valence-electron chi connectivity index (χ4n) is 2.47. The first-order valence-corrected chi connectivity index (χ1v) is 7.49. The second-order valence-electron chi connectivity index (χ2n) is 5.58. The molecule has 1 aromatic carbocycles. The number of benzene rings is 1. The van der Waals surface area contributed by atoms with Crippen molar-refractivity contribution in [1.29, 1.82) is 0 Å². The molecule has 1 atom stereocenters. The maximum atomic E-state index is 12.5. The van der Waals surface area contributed by atoms with Gasteiger partial charge in [-0.05, 0) is 43.0 Å². The predicted molar refractivity (Wildman–Crippen MR) is 83.0 cm³/mol. The van der Waals surface area contributed by atoms with Crippen molar-refractivity contribution >= 4 is 39.5 Å². The molecule has 1 saturated heterocycles. The maximum absolute atomic E-state index is 12.5. The van der Waals surface area contributed by atoms with E-state index in [-0.39, 0.29) is 5.92 Å². The molecule has 1 aliphatic rings. The van der Waals surface area contributed by atoms with E-state index in [1.165, 1.54) is 0 Å². The molecule has 0 saturated carbocycles. The summed E-state index contributed by atoms with van der Waals surface area (Å²) in [6.45, 7) is 7.35. The summed E-state index contributed by atoms with van der Waals surface area (Å²) in [5, 5.41) is 2.26. The zero-order valence-corrected chi connectivity index (χ0v) is 13.9. The van der Waals surface area contributed by atoms with Crippen molar-refractivity contribution in [2.75, 3.05) is 4.90 Å². The number of urea groups is 1. The van der Waals surface area contributed by atoms with Crippen LogP contribution < -0.4 is 10.2 Å². The van der Waals surface area contributed by atoms with Crippen molar-refractivity contribution in [3.63, 3.8) is 0 Å². The number of anilines is 1. The lowest BCUT2D eigenvalue weighted by Gasteiger charge is -2.32. The van der Waals surface area contributed by atoms with Crippen LogP contribution in [0.3, 0.4) is 0 Å². The summed E-state index contributed by atoms with van der Waals surface area (Å²) in [5.41, 5.74) is 2.32. The van der Waals surface area contributed by atoms with E-state index in [9.17, 15) is 14.4 Å². The van der Waals surface area contributed by atoms with E-state index in [1.807, 2.05) is 13.8 Å². The molecule has 0 aromatic heterocycles. The van der Waals surface area contributed by atoms with Gasteiger partial charge in [-0.3, -0.25) is 14.9 Å². The van der Waals surface area contributed by atoms with Crippen LogP contribution in [0.1, 0.15) is 25.0 Å². The van der Waals surface area contributed by atoms with Gasteiger partial charge in [-0.1, -0.05) is 29.8 Å². The smallest absolute Gasteiger partial charge is 0.277 e. The minimum absolute atomic E-state index is 0.175. The standard InChI is InChI=1S/C15H17BrN2O3/c1-7(2)11-13(19)17-15(21)18(14(11)20)10-5-8(3)12(16)9(4)6-10/h5-7,11H,1-4H3,(H,17,19,21). The van der Waals surface area contributed by atoms with E-state index in [4.69, 9.17) is 0 Å². The van der Waals surface area contributed by atoms with E-state index in [0.717, 1.165) is 20.5 Å². The topological polar surface area (TPSA) is 66.5 Å². The lowest BCUT2D eigenvalue weighted by molar-refractivity contribution is -0.136. The predicted octanol–water partition coefficient (Wildman–Crippen LogP) is 2.92. The number of halogens is 1. The van der Waals surface area contributed by atoms with E-state index >= 15 is 0 Å². The van der Waals surface area contributed by atoms with Gasteiger partial charge in [0.1, 0.15) is 5.92 Å². The number of barbiturate groups is 1. The van der Waals surface area contributed by atoms with Gasteiger partial charge in [0, 0.05) is 4.47 Å². The summed E-state index contributed by atoms with van der Waals surface area (Å²) in [4.78, 5) is 37.5. The van der Waals surface area contributed by atoms with Crippen LogP contribution >= 0.6 is 15.9 Å². The first-order chi connectivity index (χ1) is 9.73. The van der Waals surface area contributed by atoms with Crippen LogP contribution in [0.2, 0.25) is 0 Å². The Morgan fingerprint density at radius 3 is 2.14 bits per heavy atom. The second-order valence-corrected chi connectivity index (χ2v) is 6.38. The van der Waals surface area contributed by atoms with Gasteiger partial charge in [-0.15, -0.1) is 0 Å². The molecule has 1 fully saturated rings. The molecule has 1 unspecified atom stereocenters. The highest BCUT2D eigenvalue weighted by Gasteiger charge is 2.42. The zero-order valence-electron chi connectivity index (χ0n) is 12.4. The third-order valence-electron chi connectivity index (χ3n) is 3.55. The number of hydrogen-bond donors (Lipinski definition) is 1. The van der Waals surface area contributed by atoms with Crippen LogP contribution in [0.5, 0.6) is 0 Å². The summed E-state index contributed by atoms with van der Waals surface area (Å²) in [7, 11) is 0. The molecule has 0 bridgehead atoms. The zero-order chi connectivity index (χ0) is 15.9. The van der Waals surface area contributed by atoms with Crippen LogP contribution in [0, 0.1) is 25.7 Å². The van der Waals surface area contributed by atoms with Gasteiger partial charge in [-0.2, -0.15) is 0 Å². The van der Waals surface area contributed by atoms with Crippen LogP contribution in [-0.4, -0.2) is 17.8 Å². The van der Waals surface area contributed by atoms with Crippen molar-refractivity contribution in [2.45, 2.75) is 27.7 Å². The Morgan fingerprint density at radius 2 is 1.67 bits per heavy atom. The minimum atomic E-state index is -0.841. The molecule has 1 aromatic rings. The van der Waals surface area contributed by atoms with Crippen molar-refractivity contribution in [1.82, 2.24) is 5.32 Å². The van der Waals surface area contributed by atoms with Gasteiger partial charge in [0.2, 0.25) is 11.8 Å². The Kier molecular flexibility index (Phi) is 4.18. The molecule has 6 heteroatoms. The van der Waals surface area contributed by atoms with Gasteiger partial charge >= 0.3 is 6.03 Å². The van der Waals surface area contributed by atoms with E-state index in [1.54, 1.807) is 26.0 Å². The van der Waals surface area contributed by atoms with Crippen LogP contribution in [0.4, 0.5) is 10.5 Å². The third-order valence-corrected chi connectivity index (χ3v) is 4.80. The largest absolute Gasteiger partial charge is 0.335 e. The maximum Gasteiger partial charge on any atom is 0.335 e. The van der Waals surface area contributed by atoms with Gasteiger partial charge < -0.3 is 0 Å². The summed E-state index contributed by atoms with van der Waals surface area (Å²) in [6, 6.07) is 2.81. The monoisotopic (exact) mass is 352 g/mol. The lowest BCUT2D eigenvalue weighted by atomic mass is 9.91. The highest BCUT2D eigenvalue weighted by molar-refractivity contribution is 9.10. The average molecular weight is 353 g/mol. The number of amides is 4. The quantitative estimate of drug-likeness (QED) is 0.832. The van der Waals surface area contributed by atoms with E-state index in [0.29, 0.717) is 5.69 Å². The Hall–Kier alpha value is -1.69. The van der Waals surface area contributed by atoms with Crippen molar-refractivity contribution in [3.8, 4) is 0 Å². The molecule has 112 valence electrons. The molecule has 2 rings (SSSR count). The number of hydrogen-bond acceptors (Lipinski definition) is 3. The van der Waals surface area contributed by atoms with Crippen molar-refractivity contribution < 1.29 is 14.4 Å². The fourth-order valence-corrected chi connectivity index (χ4v) is 2.70. The molecular formula is C15H17BrN2O3. The number of imide groups is 2. The molecule has 21 heavy (non-hydrogen) atoms. The molecule has 1 aliphatic heterocycles. The third kappa shape index (κ3) is 2.72. The van der Waals surface area contributed by atoms with Crippen molar-refractivity contribution in [2.24, 2.45) is 11.8 Å². The Labute approximate surface area is 131 Å². The number of carbonyl (C=O) groups excluding carboxylic acids is 3. The molecule has 1 N–H and O–H groups in total. The Morgan fingerprint density at radius 1 is 1.14 bits per heavy atom. The summed E-state index contributed by atoms with van der Waals surface area (Å²) in [5.74, 6) is -2.01. The minimum Gasteiger partial charge on any atom is -0.277 e. The number of nitrogens with zero attached hydrogens (tertiary/aromatic N) is 1. The number of rotatable bonds is 2. The summed E-state index contributed by atoms with van der Waals surface area (Å²) < 4.78 is 0.938. The highest BCUT2D eigenvalue weighted by atomic mass is 79.9. The molecular weight excluding hydrogens is 336 g/mol. The number of aryl methyl sites for hydroxylation is 2. The van der Waals surface area contributed by atoms with Gasteiger partial charge in [0.25, 0.3) is 0 Å². The SMILES string of the molecule is Cc1cc(N2C(=O)NC(=O)C(C(C)C)C2=O)cc(C)c1Br. The average Bonchev–Trinajstić information content (AvgIpc) is 2.34. The normalized spacial score (nSPS) is 19.2. The summed E-state index contributed by atoms with van der Waals surface area (Å²) in [6.07, 6.45) is 0. The van der Waals surface area contributed by atoms with E-state index in [2.05, 4.69) is 21.2 Å². The second kappa shape index (κ2) is 5.60. The van der Waals surface area contributed by atoms with Crippen LogP contribution in [0.15, 0.2) is 16.6 Å². The molecule has 0 radical (unpaired) electrons.